The second-order valence-electron chi connectivity index (χ2n) is 4.67. The van der Waals surface area contributed by atoms with Gasteiger partial charge in [0.2, 0.25) is 0 Å². The molecule has 0 amide bonds. The zero-order valence-corrected chi connectivity index (χ0v) is 8.76. The van der Waals surface area contributed by atoms with Crippen molar-refractivity contribution in [3.05, 3.63) is 0 Å². The molecule has 0 rings (SSSR count). The van der Waals surface area contributed by atoms with Crippen molar-refractivity contribution < 1.29 is 14.7 Å². The third-order valence-corrected chi connectivity index (χ3v) is 1.85. The molecule has 0 saturated carbocycles. The Hall–Kier alpha value is -0.860. The van der Waals surface area contributed by atoms with Crippen molar-refractivity contribution >= 4 is 11.8 Å². The molecule has 1 atom stereocenters. The number of carbonyl (C=O) groups is 2. The average Bonchev–Trinajstić information content (AvgIpc) is 1.81. The standard InChI is InChI=1S/C10H18O3/c1-7(11)8(5-9(12)13)6-10(2,3)4/h8H,5-6H2,1-4H3,(H,12,13). The van der Waals surface area contributed by atoms with Crippen molar-refractivity contribution in [1.82, 2.24) is 0 Å². The van der Waals surface area contributed by atoms with Crippen LogP contribution in [0.4, 0.5) is 0 Å². The van der Waals surface area contributed by atoms with Crippen LogP contribution in [0.5, 0.6) is 0 Å². The highest BCUT2D eigenvalue weighted by Gasteiger charge is 2.24. The lowest BCUT2D eigenvalue weighted by molar-refractivity contribution is -0.140. The van der Waals surface area contributed by atoms with Crippen molar-refractivity contribution in [2.24, 2.45) is 11.3 Å². The molecular formula is C10H18O3. The average molecular weight is 186 g/mol. The highest BCUT2D eigenvalue weighted by atomic mass is 16.4. The summed E-state index contributed by atoms with van der Waals surface area (Å²) in [4.78, 5) is 21.5. The van der Waals surface area contributed by atoms with Gasteiger partial charge in [-0.15, -0.1) is 0 Å². The molecule has 3 heteroatoms. The van der Waals surface area contributed by atoms with E-state index >= 15 is 0 Å². The maximum Gasteiger partial charge on any atom is 0.304 e. The molecular weight excluding hydrogens is 168 g/mol. The first-order valence-corrected chi connectivity index (χ1v) is 4.44. The monoisotopic (exact) mass is 186 g/mol. The first-order valence-electron chi connectivity index (χ1n) is 4.44. The molecule has 3 nitrogen and oxygen atoms in total. The van der Waals surface area contributed by atoms with E-state index in [0.717, 1.165) is 0 Å². The Morgan fingerprint density at radius 1 is 1.31 bits per heavy atom. The minimum atomic E-state index is -0.899. The molecule has 0 aromatic heterocycles. The molecule has 1 N–H and O–H groups in total. The summed E-state index contributed by atoms with van der Waals surface area (Å²) in [5.74, 6) is -1.26. The zero-order chi connectivity index (χ0) is 10.6. The third-order valence-electron chi connectivity index (χ3n) is 1.85. The van der Waals surface area contributed by atoms with Crippen LogP contribution in [-0.2, 0) is 9.59 Å². The van der Waals surface area contributed by atoms with E-state index < -0.39 is 5.97 Å². The van der Waals surface area contributed by atoms with Crippen LogP contribution in [0.25, 0.3) is 0 Å². The van der Waals surface area contributed by atoms with Gasteiger partial charge in [-0.3, -0.25) is 9.59 Å². The zero-order valence-electron chi connectivity index (χ0n) is 8.76. The van der Waals surface area contributed by atoms with Crippen LogP contribution >= 0.6 is 0 Å². The fourth-order valence-electron chi connectivity index (χ4n) is 1.31. The van der Waals surface area contributed by atoms with Crippen LogP contribution in [0.2, 0.25) is 0 Å². The van der Waals surface area contributed by atoms with Crippen LogP contribution in [0.1, 0.15) is 40.5 Å². The van der Waals surface area contributed by atoms with Gasteiger partial charge in [-0.25, -0.2) is 0 Å². The Balaban J connectivity index is 4.27. The maximum absolute atomic E-state index is 11.1. The molecule has 0 aliphatic heterocycles. The largest absolute Gasteiger partial charge is 0.481 e. The van der Waals surface area contributed by atoms with Gasteiger partial charge in [-0.05, 0) is 18.8 Å². The first kappa shape index (κ1) is 12.1. The summed E-state index contributed by atoms with van der Waals surface area (Å²) >= 11 is 0. The van der Waals surface area contributed by atoms with Crippen molar-refractivity contribution in [3.63, 3.8) is 0 Å². The van der Waals surface area contributed by atoms with E-state index in [1.54, 1.807) is 0 Å². The quantitative estimate of drug-likeness (QED) is 0.731. The van der Waals surface area contributed by atoms with Crippen molar-refractivity contribution in [2.75, 3.05) is 0 Å². The number of hydrogen-bond donors (Lipinski definition) is 1. The Kier molecular flexibility index (Phi) is 4.11. The second kappa shape index (κ2) is 4.40. The minimum absolute atomic E-state index is 0.00574. The molecule has 0 spiro atoms. The summed E-state index contributed by atoms with van der Waals surface area (Å²) in [5.41, 5.74) is 0.00574. The van der Waals surface area contributed by atoms with Gasteiger partial charge < -0.3 is 5.11 Å². The number of aliphatic carboxylic acids is 1. The number of Topliss-reactive ketones (excluding diaryl/α,β-unsaturated/α-hetero) is 1. The topological polar surface area (TPSA) is 54.4 Å². The highest BCUT2D eigenvalue weighted by Crippen LogP contribution is 2.26. The molecule has 0 aliphatic carbocycles. The molecule has 0 bridgehead atoms. The minimum Gasteiger partial charge on any atom is -0.481 e. The summed E-state index contributed by atoms with van der Waals surface area (Å²) < 4.78 is 0. The number of carbonyl (C=O) groups excluding carboxylic acids is 1. The Labute approximate surface area is 79.1 Å². The lowest BCUT2D eigenvalue weighted by atomic mass is 9.81. The number of carboxylic acids is 1. The van der Waals surface area contributed by atoms with Crippen molar-refractivity contribution in [2.45, 2.75) is 40.5 Å². The van der Waals surface area contributed by atoms with Gasteiger partial charge in [0, 0.05) is 5.92 Å². The molecule has 0 saturated heterocycles. The smallest absolute Gasteiger partial charge is 0.304 e. The summed E-state index contributed by atoms with van der Waals surface area (Å²) in [6.07, 6.45) is 0.585. The molecule has 0 aliphatic rings. The Morgan fingerprint density at radius 2 is 1.77 bits per heavy atom. The second-order valence-corrected chi connectivity index (χ2v) is 4.67. The lowest BCUT2D eigenvalue weighted by Gasteiger charge is -2.22. The molecule has 0 heterocycles. The van der Waals surface area contributed by atoms with Gasteiger partial charge in [-0.2, -0.15) is 0 Å². The van der Waals surface area contributed by atoms with Gasteiger partial charge in [0.1, 0.15) is 5.78 Å². The van der Waals surface area contributed by atoms with Crippen LogP contribution in [0, 0.1) is 11.3 Å². The van der Waals surface area contributed by atoms with E-state index in [2.05, 4.69) is 0 Å². The van der Waals surface area contributed by atoms with E-state index in [1.807, 2.05) is 20.8 Å². The molecule has 0 aromatic carbocycles. The fourth-order valence-corrected chi connectivity index (χ4v) is 1.31. The fraction of sp³-hybridized carbons (Fsp3) is 0.800. The normalized spacial score (nSPS) is 13.8. The Bertz CT molecular complexity index is 201. The van der Waals surface area contributed by atoms with Crippen LogP contribution in [-0.4, -0.2) is 16.9 Å². The van der Waals surface area contributed by atoms with Gasteiger partial charge in [0.25, 0.3) is 0 Å². The molecule has 1 unspecified atom stereocenters. The number of carboxylic acid groups (broad SMARTS) is 1. The predicted molar refractivity (Wildman–Crippen MR) is 50.5 cm³/mol. The van der Waals surface area contributed by atoms with Crippen molar-refractivity contribution in [3.8, 4) is 0 Å². The van der Waals surface area contributed by atoms with Crippen LogP contribution in [0.15, 0.2) is 0 Å². The SMILES string of the molecule is CC(=O)C(CC(=O)O)CC(C)(C)C. The lowest BCUT2D eigenvalue weighted by Crippen LogP contribution is -2.21. The van der Waals surface area contributed by atoms with E-state index in [1.165, 1.54) is 6.92 Å². The summed E-state index contributed by atoms with van der Waals surface area (Å²) in [6, 6.07) is 0. The molecule has 76 valence electrons. The Morgan fingerprint density at radius 3 is 2.00 bits per heavy atom. The summed E-state index contributed by atoms with van der Waals surface area (Å²) in [6.45, 7) is 7.47. The van der Waals surface area contributed by atoms with Gasteiger partial charge in [-0.1, -0.05) is 20.8 Å². The summed E-state index contributed by atoms with van der Waals surface area (Å²) in [7, 11) is 0. The highest BCUT2D eigenvalue weighted by molar-refractivity contribution is 5.82. The van der Waals surface area contributed by atoms with E-state index in [-0.39, 0.29) is 23.5 Å². The molecule has 0 fully saturated rings. The van der Waals surface area contributed by atoms with Crippen molar-refractivity contribution in [1.29, 1.82) is 0 Å². The van der Waals surface area contributed by atoms with Gasteiger partial charge in [0.05, 0.1) is 6.42 Å². The summed E-state index contributed by atoms with van der Waals surface area (Å²) in [5, 5.41) is 8.58. The van der Waals surface area contributed by atoms with E-state index in [9.17, 15) is 9.59 Å². The first-order chi connectivity index (χ1) is 5.72. The number of rotatable bonds is 4. The predicted octanol–water partition coefficient (Wildman–Crippen LogP) is 2.10. The van der Waals surface area contributed by atoms with Gasteiger partial charge >= 0.3 is 5.97 Å². The molecule has 0 radical (unpaired) electrons. The third kappa shape index (κ3) is 6.31. The van der Waals surface area contributed by atoms with E-state index in [0.29, 0.717) is 6.42 Å². The van der Waals surface area contributed by atoms with Crippen LogP contribution in [0.3, 0.4) is 0 Å². The maximum atomic E-state index is 11.1. The van der Waals surface area contributed by atoms with E-state index in [4.69, 9.17) is 5.11 Å². The van der Waals surface area contributed by atoms with Crippen LogP contribution < -0.4 is 0 Å². The number of hydrogen-bond acceptors (Lipinski definition) is 2. The number of ketones is 1. The molecule has 0 aromatic rings. The van der Waals surface area contributed by atoms with Gasteiger partial charge in [0.15, 0.2) is 0 Å². The molecule has 13 heavy (non-hydrogen) atoms.